The molecule has 10 aromatic rings. The highest BCUT2D eigenvalue weighted by Gasteiger charge is 2.28. The van der Waals surface area contributed by atoms with Gasteiger partial charge in [-0.25, -0.2) is 0 Å². The van der Waals surface area contributed by atoms with Crippen molar-refractivity contribution in [2.45, 2.75) is 0 Å². The standard InChI is InChI=1S/C52H36N2O/c1-5-17-37(18-6-1)40-22-15-28-44(35-40)53(42-24-9-3-10-25-42)49-34-33-48-47-32-31-39-21-13-14-30-46(39)51(47)55-52(48)50(49)54(43-26-11-4-12-27-43)45-29-16-23-41(36-45)38-19-7-2-8-20-38/h1-36H. The Balaban J connectivity index is 1.31. The molecular weight excluding hydrogens is 669 g/mol. The molecule has 0 bridgehead atoms. The van der Waals surface area contributed by atoms with Gasteiger partial charge in [-0.2, -0.15) is 0 Å². The first kappa shape index (κ1) is 32.3. The molecule has 0 fully saturated rings. The second kappa shape index (κ2) is 13.9. The normalized spacial score (nSPS) is 11.3. The minimum atomic E-state index is 0.818. The van der Waals surface area contributed by atoms with Crippen LogP contribution in [0.3, 0.4) is 0 Å². The minimum absolute atomic E-state index is 0.818. The number of hydrogen-bond acceptors (Lipinski definition) is 3. The molecule has 0 aliphatic heterocycles. The maximum atomic E-state index is 7.22. The molecule has 0 spiro atoms. The van der Waals surface area contributed by atoms with Gasteiger partial charge >= 0.3 is 0 Å². The lowest BCUT2D eigenvalue weighted by Gasteiger charge is -2.33. The van der Waals surface area contributed by atoms with E-state index in [0.29, 0.717) is 0 Å². The minimum Gasteiger partial charge on any atom is -0.453 e. The third-order valence-corrected chi connectivity index (χ3v) is 10.4. The van der Waals surface area contributed by atoms with Crippen LogP contribution in [0.4, 0.5) is 34.1 Å². The van der Waals surface area contributed by atoms with Crippen LogP contribution in [0.2, 0.25) is 0 Å². The molecule has 1 heterocycles. The molecule has 0 saturated heterocycles. The van der Waals surface area contributed by atoms with E-state index >= 15 is 0 Å². The van der Waals surface area contributed by atoms with E-state index in [1.807, 2.05) is 0 Å². The van der Waals surface area contributed by atoms with Gasteiger partial charge < -0.3 is 14.2 Å². The molecule has 1 aromatic heterocycles. The van der Waals surface area contributed by atoms with Crippen molar-refractivity contribution in [2.75, 3.05) is 9.80 Å². The Hall–Kier alpha value is -7.36. The summed E-state index contributed by atoms with van der Waals surface area (Å²) in [4.78, 5) is 4.73. The van der Waals surface area contributed by atoms with Gasteiger partial charge in [0.05, 0.1) is 5.69 Å². The SMILES string of the molecule is c1ccc(-c2cccc(N(c3ccccc3)c3ccc4c(oc5c6ccccc6ccc45)c3N(c3ccccc3)c3cccc(-c4ccccc4)c3)c2)cc1. The van der Waals surface area contributed by atoms with Crippen molar-refractivity contribution in [2.24, 2.45) is 0 Å². The number of furan rings is 1. The van der Waals surface area contributed by atoms with Crippen molar-refractivity contribution < 1.29 is 4.42 Å². The highest BCUT2D eigenvalue weighted by Crippen LogP contribution is 2.51. The van der Waals surface area contributed by atoms with Crippen molar-refractivity contribution in [3.8, 4) is 22.3 Å². The van der Waals surface area contributed by atoms with Crippen molar-refractivity contribution in [1.29, 1.82) is 0 Å². The highest BCUT2D eigenvalue weighted by molar-refractivity contribution is 6.19. The van der Waals surface area contributed by atoms with Crippen molar-refractivity contribution in [3.05, 3.63) is 218 Å². The molecule has 0 unspecified atom stereocenters. The summed E-state index contributed by atoms with van der Waals surface area (Å²) in [5.74, 6) is 0. The first-order valence-corrected chi connectivity index (χ1v) is 18.7. The number of para-hydroxylation sites is 2. The summed E-state index contributed by atoms with van der Waals surface area (Å²) >= 11 is 0. The lowest BCUT2D eigenvalue weighted by molar-refractivity contribution is 0.673. The first-order valence-electron chi connectivity index (χ1n) is 18.7. The molecule has 0 aliphatic carbocycles. The Bertz CT molecular complexity index is 2920. The third kappa shape index (κ3) is 5.89. The molecule has 260 valence electrons. The van der Waals surface area contributed by atoms with Gasteiger partial charge in [-0.1, -0.05) is 152 Å². The Morgan fingerprint density at radius 2 is 0.745 bits per heavy atom. The van der Waals surface area contributed by atoms with E-state index in [9.17, 15) is 0 Å². The summed E-state index contributed by atoms with van der Waals surface area (Å²) < 4.78 is 7.22. The van der Waals surface area contributed by atoms with Crippen LogP contribution in [-0.4, -0.2) is 0 Å². The van der Waals surface area contributed by atoms with Crippen molar-refractivity contribution in [3.63, 3.8) is 0 Å². The summed E-state index contributed by atoms with van der Waals surface area (Å²) in [6.45, 7) is 0. The second-order valence-electron chi connectivity index (χ2n) is 13.8. The first-order chi connectivity index (χ1) is 27.3. The second-order valence-corrected chi connectivity index (χ2v) is 13.8. The van der Waals surface area contributed by atoms with E-state index in [-0.39, 0.29) is 0 Å². The average Bonchev–Trinajstić information content (AvgIpc) is 3.66. The summed E-state index contributed by atoms with van der Waals surface area (Å²) in [5, 5.41) is 4.39. The molecule has 9 aromatic carbocycles. The maximum absolute atomic E-state index is 7.22. The van der Waals surface area contributed by atoms with Crippen LogP contribution in [0.1, 0.15) is 0 Å². The van der Waals surface area contributed by atoms with Gasteiger partial charge in [0, 0.05) is 38.9 Å². The fourth-order valence-corrected chi connectivity index (χ4v) is 7.84. The summed E-state index contributed by atoms with van der Waals surface area (Å²) in [7, 11) is 0. The zero-order valence-corrected chi connectivity index (χ0v) is 30.1. The fourth-order valence-electron chi connectivity index (χ4n) is 7.84. The van der Waals surface area contributed by atoms with Gasteiger partial charge in [-0.15, -0.1) is 0 Å². The third-order valence-electron chi connectivity index (χ3n) is 10.4. The Kier molecular flexibility index (Phi) is 8.16. The smallest absolute Gasteiger partial charge is 0.161 e. The Morgan fingerprint density at radius 1 is 0.291 bits per heavy atom. The van der Waals surface area contributed by atoms with Gasteiger partial charge in [-0.3, -0.25) is 0 Å². The maximum Gasteiger partial charge on any atom is 0.161 e. The lowest BCUT2D eigenvalue weighted by Crippen LogP contribution is -2.17. The van der Waals surface area contributed by atoms with Gasteiger partial charge in [0.2, 0.25) is 0 Å². The van der Waals surface area contributed by atoms with Crippen LogP contribution in [0.5, 0.6) is 0 Å². The van der Waals surface area contributed by atoms with Crippen molar-refractivity contribution in [1.82, 2.24) is 0 Å². The molecule has 55 heavy (non-hydrogen) atoms. The van der Waals surface area contributed by atoms with E-state index < -0.39 is 0 Å². The van der Waals surface area contributed by atoms with Crippen LogP contribution in [0.25, 0.3) is 55.0 Å². The molecular formula is C52H36N2O. The Labute approximate surface area is 320 Å². The fraction of sp³-hybridized carbons (Fsp3) is 0. The van der Waals surface area contributed by atoms with E-state index in [2.05, 4.69) is 228 Å². The molecule has 0 saturated carbocycles. The Morgan fingerprint density at radius 3 is 1.36 bits per heavy atom. The molecule has 3 nitrogen and oxygen atoms in total. The predicted molar refractivity (Wildman–Crippen MR) is 231 cm³/mol. The largest absolute Gasteiger partial charge is 0.453 e. The van der Waals surface area contributed by atoms with Gasteiger partial charge in [-0.05, 0) is 94.4 Å². The van der Waals surface area contributed by atoms with Crippen molar-refractivity contribution >= 4 is 66.8 Å². The number of rotatable bonds is 8. The molecule has 10 rings (SSSR count). The number of anilines is 6. The van der Waals surface area contributed by atoms with Gasteiger partial charge in [0.15, 0.2) is 5.58 Å². The number of benzene rings is 9. The van der Waals surface area contributed by atoms with E-state index in [1.54, 1.807) is 0 Å². The summed E-state index contributed by atoms with van der Waals surface area (Å²) in [5.41, 5.74) is 12.4. The number of nitrogens with zero attached hydrogens (tertiary/aromatic N) is 2. The quantitative estimate of drug-likeness (QED) is 0.157. The average molecular weight is 705 g/mol. The van der Waals surface area contributed by atoms with Crippen LogP contribution >= 0.6 is 0 Å². The molecule has 0 N–H and O–H groups in total. The topological polar surface area (TPSA) is 19.6 Å². The molecule has 0 atom stereocenters. The zero-order chi connectivity index (χ0) is 36.6. The predicted octanol–water partition coefficient (Wildman–Crippen LogP) is 15.0. The van der Waals surface area contributed by atoms with E-state index in [4.69, 9.17) is 4.42 Å². The summed E-state index contributed by atoms with van der Waals surface area (Å²) in [6, 6.07) is 77.4. The monoisotopic (exact) mass is 704 g/mol. The molecule has 0 radical (unpaired) electrons. The zero-order valence-electron chi connectivity index (χ0n) is 30.1. The number of fused-ring (bicyclic) bond motifs is 5. The van der Waals surface area contributed by atoms with Crippen LogP contribution < -0.4 is 9.80 Å². The van der Waals surface area contributed by atoms with Crippen LogP contribution in [0, 0.1) is 0 Å². The number of hydrogen-bond donors (Lipinski definition) is 0. The molecule has 0 aliphatic rings. The van der Waals surface area contributed by atoms with E-state index in [0.717, 1.165) is 83.5 Å². The highest BCUT2D eigenvalue weighted by atomic mass is 16.3. The van der Waals surface area contributed by atoms with Crippen LogP contribution in [0.15, 0.2) is 223 Å². The van der Waals surface area contributed by atoms with Gasteiger partial charge in [0.1, 0.15) is 11.3 Å². The molecule has 0 amide bonds. The summed E-state index contributed by atoms with van der Waals surface area (Å²) in [6.07, 6.45) is 0. The van der Waals surface area contributed by atoms with Gasteiger partial charge in [0.25, 0.3) is 0 Å². The van der Waals surface area contributed by atoms with E-state index in [1.165, 1.54) is 5.56 Å². The lowest BCUT2D eigenvalue weighted by atomic mass is 10.0. The molecule has 3 heteroatoms. The van der Waals surface area contributed by atoms with Crippen LogP contribution in [-0.2, 0) is 0 Å².